The Labute approximate surface area is 81.7 Å². The fourth-order valence-corrected chi connectivity index (χ4v) is 1.16. The zero-order valence-corrected chi connectivity index (χ0v) is 8.38. The van der Waals surface area contributed by atoms with E-state index in [1.54, 1.807) is 0 Å². The average Bonchev–Trinajstić information content (AvgIpc) is 2.03. The quantitative estimate of drug-likeness (QED) is 0.293. The van der Waals surface area contributed by atoms with Gasteiger partial charge in [0.25, 0.3) is 0 Å². The van der Waals surface area contributed by atoms with Gasteiger partial charge in [-0.25, -0.2) is 4.42 Å². The Hall–Kier alpha value is -0.0600. The van der Waals surface area contributed by atoms with Gasteiger partial charge >= 0.3 is 0 Å². The molecule has 0 aromatic rings. The highest BCUT2D eigenvalue weighted by atomic mass is 35.5. The Bertz CT molecular complexity index is 146. The maximum atomic E-state index is 10.4. The molecule has 1 atom stereocenters. The lowest BCUT2D eigenvalue weighted by atomic mass is 10.2. The summed E-state index contributed by atoms with van der Waals surface area (Å²) in [6.07, 6.45) is 0.359. The van der Waals surface area contributed by atoms with Gasteiger partial charge in [-0.2, -0.15) is 0 Å². The zero-order valence-electron chi connectivity index (χ0n) is 6.87. The first kappa shape index (κ1) is 11.9. The summed E-state index contributed by atoms with van der Waals surface area (Å²) in [6, 6.07) is -0.653. The van der Waals surface area contributed by atoms with Gasteiger partial charge in [0.15, 0.2) is 0 Å². The van der Waals surface area contributed by atoms with Crippen LogP contribution in [0.4, 0.5) is 0 Å². The molecule has 0 radical (unpaired) electrons. The number of alkyl halides is 1. The van der Waals surface area contributed by atoms with Gasteiger partial charge in [0.2, 0.25) is 6.04 Å². The van der Waals surface area contributed by atoms with Crippen molar-refractivity contribution < 1.29 is 4.92 Å². The molecule has 0 bridgehead atoms. The average molecular weight is 215 g/mol. The molecule has 6 heteroatoms. The van der Waals surface area contributed by atoms with Crippen LogP contribution in [0.2, 0.25) is 0 Å². The van der Waals surface area contributed by atoms with Crippen molar-refractivity contribution in [1.29, 1.82) is 0 Å². The van der Waals surface area contributed by atoms with Gasteiger partial charge in [0, 0.05) is 23.8 Å². The maximum Gasteiger partial charge on any atom is 0.228 e. The number of hydrogen-bond donors (Lipinski definition) is 0. The predicted octanol–water partition coefficient (Wildman–Crippen LogP) is 1.74. The molecule has 0 aromatic carbocycles. The van der Waals surface area contributed by atoms with Crippen LogP contribution in [0.15, 0.2) is 0 Å². The van der Waals surface area contributed by atoms with Crippen LogP contribution in [0.5, 0.6) is 0 Å². The molecule has 0 aliphatic heterocycles. The van der Waals surface area contributed by atoms with Gasteiger partial charge in [-0.15, -0.1) is 11.6 Å². The lowest BCUT2D eigenvalue weighted by molar-refractivity contribution is -0.522. The minimum absolute atomic E-state index is 0.248. The molecule has 12 heavy (non-hydrogen) atoms. The van der Waals surface area contributed by atoms with Crippen LogP contribution in [0.1, 0.15) is 13.3 Å². The molecule has 0 spiro atoms. The molecular weight excluding hydrogens is 203 g/mol. The Balaban J connectivity index is 3.86. The Morgan fingerprint density at radius 2 is 2.25 bits per heavy atom. The van der Waals surface area contributed by atoms with Gasteiger partial charge in [-0.3, -0.25) is 10.1 Å². The largest absolute Gasteiger partial charge is 0.264 e. The SMILES string of the molecule is CCN(Cl)CC(CCCl)[N+](=O)[O-]. The molecule has 4 nitrogen and oxygen atoms in total. The van der Waals surface area contributed by atoms with Crippen molar-refractivity contribution in [2.45, 2.75) is 19.4 Å². The van der Waals surface area contributed by atoms with Crippen molar-refractivity contribution in [3.05, 3.63) is 10.1 Å². The molecule has 0 heterocycles. The third-order valence-corrected chi connectivity index (χ3v) is 2.09. The highest BCUT2D eigenvalue weighted by molar-refractivity contribution is 6.17. The van der Waals surface area contributed by atoms with Crippen LogP contribution in [0.25, 0.3) is 0 Å². The first-order chi connectivity index (χ1) is 5.61. The smallest absolute Gasteiger partial charge is 0.228 e. The summed E-state index contributed by atoms with van der Waals surface area (Å²) in [7, 11) is 0. The number of nitro groups is 1. The van der Waals surface area contributed by atoms with E-state index in [1.165, 1.54) is 4.42 Å². The van der Waals surface area contributed by atoms with Crippen molar-refractivity contribution >= 4 is 23.4 Å². The predicted molar refractivity (Wildman–Crippen MR) is 49.2 cm³/mol. The molecule has 0 saturated carbocycles. The Morgan fingerprint density at radius 3 is 2.58 bits per heavy atom. The van der Waals surface area contributed by atoms with E-state index in [2.05, 4.69) is 0 Å². The highest BCUT2D eigenvalue weighted by Crippen LogP contribution is 2.04. The van der Waals surface area contributed by atoms with E-state index in [1.807, 2.05) is 6.92 Å². The van der Waals surface area contributed by atoms with Crippen molar-refractivity contribution in [2.24, 2.45) is 0 Å². The lowest BCUT2D eigenvalue weighted by Crippen LogP contribution is -2.32. The molecule has 0 aliphatic rings. The van der Waals surface area contributed by atoms with E-state index in [4.69, 9.17) is 23.4 Å². The minimum Gasteiger partial charge on any atom is -0.264 e. The summed E-state index contributed by atoms with van der Waals surface area (Å²) in [5, 5.41) is 10.4. The number of nitrogens with zero attached hydrogens (tertiary/aromatic N) is 2. The van der Waals surface area contributed by atoms with Crippen LogP contribution >= 0.6 is 23.4 Å². The summed E-state index contributed by atoms with van der Waals surface area (Å²) >= 11 is 11.0. The first-order valence-corrected chi connectivity index (χ1v) is 4.59. The Kier molecular flexibility index (Phi) is 6.42. The fraction of sp³-hybridized carbons (Fsp3) is 1.00. The molecule has 0 amide bonds. The molecule has 0 aliphatic carbocycles. The van der Waals surface area contributed by atoms with E-state index in [0.29, 0.717) is 18.8 Å². The second-order valence-electron chi connectivity index (χ2n) is 2.38. The fourth-order valence-electron chi connectivity index (χ4n) is 0.747. The van der Waals surface area contributed by atoms with Crippen LogP contribution in [-0.4, -0.2) is 34.4 Å². The first-order valence-electron chi connectivity index (χ1n) is 3.72. The molecule has 0 aromatic heterocycles. The highest BCUT2D eigenvalue weighted by Gasteiger charge is 2.21. The van der Waals surface area contributed by atoms with Crippen molar-refractivity contribution in [2.75, 3.05) is 19.0 Å². The van der Waals surface area contributed by atoms with Gasteiger partial charge in [-0.1, -0.05) is 6.92 Å². The molecule has 0 rings (SSSR count). The van der Waals surface area contributed by atoms with E-state index >= 15 is 0 Å². The molecule has 0 fully saturated rings. The topological polar surface area (TPSA) is 46.4 Å². The van der Waals surface area contributed by atoms with Crippen molar-refractivity contribution in [1.82, 2.24) is 4.42 Å². The molecule has 1 unspecified atom stereocenters. The summed E-state index contributed by atoms with van der Waals surface area (Å²) in [4.78, 5) is 10.1. The van der Waals surface area contributed by atoms with E-state index < -0.39 is 6.04 Å². The molecule has 0 saturated heterocycles. The van der Waals surface area contributed by atoms with Gasteiger partial charge in [-0.05, 0) is 11.8 Å². The van der Waals surface area contributed by atoms with Crippen LogP contribution in [-0.2, 0) is 0 Å². The van der Waals surface area contributed by atoms with Gasteiger partial charge in [0.05, 0.1) is 6.54 Å². The third kappa shape index (κ3) is 4.74. The van der Waals surface area contributed by atoms with E-state index in [0.717, 1.165) is 0 Å². The van der Waals surface area contributed by atoms with Gasteiger partial charge < -0.3 is 0 Å². The molecular formula is C6H12Cl2N2O2. The normalized spacial score (nSPS) is 13.3. The lowest BCUT2D eigenvalue weighted by Gasteiger charge is -2.13. The minimum atomic E-state index is -0.653. The number of halogens is 2. The number of rotatable bonds is 6. The summed E-state index contributed by atoms with van der Waals surface area (Å²) in [5.74, 6) is 0.292. The second kappa shape index (κ2) is 6.46. The Morgan fingerprint density at radius 1 is 1.67 bits per heavy atom. The summed E-state index contributed by atoms with van der Waals surface area (Å²) in [5.41, 5.74) is 0. The maximum absolute atomic E-state index is 10.4. The standard InChI is InChI=1S/C6H12Cl2N2O2/c1-2-9(8)5-6(3-4-7)10(11)12/h6H,2-5H2,1H3. The molecule has 72 valence electrons. The van der Waals surface area contributed by atoms with Crippen LogP contribution < -0.4 is 0 Å². The monoisotopic (exact) mass is 214 g/mol. The van der Waals surface area contributed by atoms with E-state index in [-0.39, 0.29) is 11.5 Å². The van der Waals surface area contributed by atoms with Crippen LogP contribution in [0, 0.1) is 10.1 Å². The number of hydrogen-bond acceptors (Lipinski definition) is 3. The van der Waals surface area contributed by atoms with Crippen molar-refractivity contribution in [3.63, 3.8) is 0 Å². The summed E-state index contributed by atoms with van der Waals surface area (Å²) < 4.78 is 1.39. The van der Waals surface area contributed by atoms with Crippen LogP contribution in [0.3, 0.4) is 0 Å². The summed E-state index contributed by atoms with van der Waals surface area (Å²) in [6.45, 7) is 2.68. The van der Waals surface area contributed by atoms with Crippen molar-refractivity contribution in [3.8, 4) is 0 Å². The van der Waals surface area contributed by atoms with Gasteiger partial charge in [0.1, 0.15) is 0 Å². The number of likely N-dealkylation sites (N-methyl/N-ethyl adjacent to an activating group) is 1. The third-order valence-electron chi connectivity index (χ3n) is 1.49. The van der Waals surface area contributed by atoms with E-state index in [9.17, 15) is 10.1 Å². The second-order valence-corrected chi connectivity index (χ2v) is 3.23. The molecule has 0 N–H and O–H groups in total. The zero-order chi connectivity index (χ0) is 9.56.